The molecule has 0 atom stereocenters. The molecule has 4 rings (SSSR count). The number of piperidine rings is 1. The van der Waals surface area contributed by atoms with Gasteiger partial charge in [0.25, 0.3) is 5.91 Å². The van der Waals surface area contributed by atoms with E-state index in [0.29, 0.717) is 13.1 Å². The van der Waals surface area contributed by atoms with E-state index >= 15 is 0 Å². The van der Waals surface area contributed by atoms with Gasteiger partial charge in [-0.25, -0.2) is 9.97 Å². The molecule has 2 aromatic heterocycles. The minimum absolute atomic E-state index is 0.258. The van der Waals surface area contributed by atoms with Crippen molar-refractivity contribution in [3.63, 3.8) is 0 Å². The summed E-state index contributed by atoms with van der Waals surface area (Å²) >= 11 is 0. The van der Waals surface area contributed by atoms with Crippen molar-refractivity contribution in [1.29, 1.82) is 0 Å². The van der Waals surface area contributed by atoms with Crippen LogP contribution in [0.3, 0.4) is 0 Å². The maximum atomic E-state index is 12.3. The summed E-state index contributed by atoms with van der Waals surface area (Å²) in [6, 6.07) is 11.5. The second kappa shape index (κ2) is 9.34. The van der Waals surface area contributed by atoms with E-state index in [0.717, 1.165) is 36.2 Å². The van der Waals surface area contributed by atoms with Crippen LogP contribution in [0.5, 0.6) is 0 Å². The van der Waals surface area contributed by atoms with E-state index < -0.39 is 0 Å². The fourth-order valence-corrected chi connectivity index (χ4v) is 3.44. The minimum Gasteiger partial charge on any atom is -0.368 e. The van der Waals surface area contributed by atoms with Crippen LogP contribution in [-0.4, -0.2) is 57.0 Å². The first-order valence-corrected chi connectivity index (χ1v) is 10.3. The molecule has 30 heavy (non-hydrogen) atoms. The summed E-state index contributed by atoms with van der Waals surface area (Å²) in [5.74, 6) is 2.22. The first kappa shape index (κ1) is 19.8. The number of nitrogens with zero attached hydrogens (tertiary/aromatic N) is 6. The Morgan fingerprint density at radius 2 is 1.87 bits per heavy atom. The molecule has 0 unspecified atom stereocenters. The van der Waals surface area contributed by atoms with Crippen molar-refractivity contribution in [2.75, 3.05) is 36.4 Å². The largest absolute Gasteiger partial charge is 0.368 e. The molecule has 1 amide bonds. The molecule has 1 aliphatic heterocycles. The normalized spacial score (nSPS) is 13.8. The lowest BCUT2D eigenvalue weighted by Gasteiger charge is -2.28. The van der Waals surface area contributed by atoms with E-state index in [1.54, 1.807) is 0 Å². The first-order chi connectivity index (χ1) is 14.7. The van der Waals surface area contributed by atoms with Crippen LogP contribution in [0.1, 0.15) is 35.6 Å². The lowest BCUT2D eigenvalue weighted by atomic mass is 10.1. The highest BCUT2D eigenvalue weighted by molar-refractivity contribution is 5.91. The average molecular weight is 406 g/mol. The van der Waals surface area contributed by atoms with Crippen LogP contribution in [0.4, 0.5) is 11.6 Å². The number of carbonyl (C=O) groups excluding carboxylic acids is 1. The molecule has 3 aromatic rings. The lowest BCUT2D eigenvalue weighted by Crippen LogP contribution is -2.31. The van der Waals surface area contributed by atoms with Crippen LogP contribution in [0, 0.1) is 6.92 Å². The summed E-state index contributed by atoms with van der Waals surface area (Å²) in [6.45, 7) is 4.97. The molecule has 9 nitrogen and oxygen atoms in total. The Kier molecular flexibility index (Phi) is 6.17. The van der Waals surface area contributed by atoms with E-state index in [2.05, 4.69) is 35.7 Å². The molecule has 0 bridgehead atoms. The number of rotatable bonds is 7. The molecule has 0 saturated carbocycles. The molecule has 0 aliphatic carbocycles. The lowest BCUT2D eigenvalue weighted by molar-refractivity contribution is 0.0949. The van der Waals surface area contributed by atoms with Gasteiger partial charge in [-0.1, -0.05) is 18.2 Å². The average Bonchev–Trinajstić information content (AvgIpc) is 3.28. The quantitative estimate of drug-likeness (QED) is 0.580. The minimum atomic E-state index is -0.258. The molecule has 0 radical (unpaired) electrons. The third-order valence-corrected chi connectivity index (χ3v) is 4.93. The summed E-state index contributed by atoms with van der Waals surface area (Å²) in [4.78, 5) is 25.1. The van der Waals surface area contributed by atoms with Crippen molar-refractivity contribution >= 4 is 17.5 Å². The van der Waals surface area contributed by atoms with Gasteiger partial charge in [0.15, 0.2) is 5.69 Å². The molecule has 1 aliphatic rings. The molecular formula is C21H26N8O. The zero-order valence-electron chi connectivity index (χ0n) is 17.1. The number of carbonyl (C=O) groups is 1. The molecule has 0 spiro atoms. The van der Waals surface area contributed by atoms with Crippen molar-refractivity contribution in [1.82, 2.24) is 30.3 Å². The van der Waals surface area contributed by atoms with Gasteiger partial charge < -0.3 is 15.5 Å². The predicted molar refractivity (Wildman–Crippen MR) is 115 cm³/mol. The second-order valence-electron chi connectivity index (χ2n) is 7.24. The van der Waals surface area contributed by atoms with Crippen LogP contribution < -0.4 is 15.5 Å². The fourth-order valence-electron chi connectivity index (χ4n) is 3.44. The fraction of sp³-hybridized carbons (Fsp3) is 0.381. The molecule has 156 valence electrons. The molecular weight excluding hydrogens is 380 g/mol. The summed E-state index contributed by atoms with van der Waals surface area (Å²) in [6.07, 6.45) is 5.15. The van der Waals surface area contributed by atoms with E-state index in [9.17, 15) is 4.79 Å². The maximum Gasteiger partial charge on any atom is 0.273 e. The van der Waals surface area contributed by atoms with Crippen LogP contribution >= 0.6 is 0 Å². The van der Waals surface area contributed by atoms with Crippen molar-refractivity contribution in [2.24, 2.45) is 0 Å². The number of hydrogen-bond acceptors (Lipinski definition) is 7. The van der Waals surface area contributed by atoms with E-state index in [-0.39, 0.29) is 11.6 Å². The summed E-state index contributed by atoms with van der Waals surface area (Å²) in [5, 5.41) is 14.5. The summed E-state index contributed by atoms with van der Waals surface area (Å²) in [5.41, 5.74) is 1.09. The molecule has 3 heterocycles. The number of hydrogen-bond donors (Lipinski definition) is 2. The second-order valence-corrected chi connectivity index (χ2v) is 7.24. The van der Waals surface area contributed by atoms with Crippen molar-refractivity contribution in [3.05, 3.63) is 54.1 Å². The maximum absolute atomic E-state index is 12.3. The van der Waals surface area contributed by atoms with Gasteiger partial charge in [-0.3, -0.25) is 4.79 Å². The smallest absolute Gasteiger partial charge is 0.273 e. The number of amides is 1. The van der Waals surface area contributed by atoms with Crippen LogP contribution in [-0.2, 0) is 0 Å². The van der Waals surface area contributed by atoms with Crippen LogP contribution in [0.2, 0.25) is 0 Å². The van der Waals surface area contributed by atoms with E-state index in [1.165, 1.54) is 30.3 Å². The van der Waals surface area contributed by atoms with Gasteiger partial charge in [-0.15, -0.1) is 5.10 Å². The van der Waals surface area contributed by atoms with Gasteiger partial charge in [-0.2, -0.15) is 9.90 Å². The first-order valence-electron chi connectivity index (χ1n) is 10.3. The number of benzene rings is 1. The van der Waals surface area contributed by atoms with Crippen molar-refractivity contribution in [2.45, 2.75) is 26.2 Å². The molecule has 1 fully saturated rings. The Morgan fingerprint density at radius 3 is 2.67 bits per heavy atom. The van der Waals surface area contributed by atoms with Gasteiger partial charge in [0.1, 0.15) is 17.5 Å². The van der Waals surface area contributed by atoms with E-state index in [4.69, 9.17) is 0 Å². The summed E-state index contributed by atoms with van der Waals surface area (Å²) < 4.78 is 0. The third kappa shape index (κ3) is 4.91. The van der Waals surface area contributed by atoms with Crippen LogP contribution in [0.25, 0.3) is 5.69 Å². The molecule has 2 N–H and O–H groups in total. The zero-order valence-corrected chi connectivity index (χ0v) is 17.1. The van der Waals surface area contributed by atoms with Crippen molar-refractivity contribution < 1.29 is 4.79 Å². The Bertz CT molecular complexity index is 982. The molecule has 1 aromatic carbocycles. The highest BCUT2D eigenvalue weighted by Gasteiger charge is 2.14. The highest BCUT2D eigenvalue weighted by Crippen LogP contribution is 2.20. The number of anilines is 2. The van der Waals surface area contributed by atoms with Gasteiger partial charge in [0.2, 0.25) is 0 Å². The third-order valence-electron chi connectivity index (χ3n) is 4.93. The summed E-state index contributed by atoms with van der Waals surface area (Å²) in [7, 11) is 0. The number of para-hydroxylation sites is 1. The van der Waals surface area contributed by atoms with Crippen LogP contribution in [0.15, 0.2) is 42.6 Å². The number of aryl methyl sites for hydroxylation is 1. The van der Waals surface area contributed by atoms with Gasteiger partial charge in [0.05, 0.1) is 11.9 Å². The standard InChI is InChI=1S/C21H26N8O/c1-16-25-19(14-20(26-16)28-12-6-3-7-13-28)22-10-11-23-21(30)18-15-24-29(27-18)17-8-4-2-5-9-17/h2,4-5,8-9,14-15H,3,6-7,10-13H2,1H3,(H,23,30)(H,22,25,26). The Balaban J connectivity index is 1.28. The van der Waals surface area contributed by atoms with Gasteiger partial charge in [0, 0.05) is 32.2 Å². The number of nitrogens with one attached hydrogen (secondary N) is 2. The van der Waals surface area contributed by atoms with Gasteiger partial charge >= 0.3 is 0 Å². The number of aromatic nitrogens is 5. The Hall–Kier alpha value is -3.49. The highest BCUT2D eigenvalue weighted by atomic mass is 16.2. The Morgan fingerprint density at radius 1 is 1.07 bits per heavy atom. The SMILES string of the molecule is Cc1nc(NCCNC(=O)c2cnn(-c3ccccc3)n2)cc(N2CCCCC2)n1. The molecule has 1 saturated heterocycles. The van der Waals surface area contributed by atoms with Crippen molar-refractivity contribution in [3.8, 4) is 5.69 Å². The Labute approximate surface area is 175 Å². The monoisotopic (exact) mass is 406 g/mol. The zero-order chi connectivity index (χ0) is 20.8. The molecule has 9 heteroatoms. The van der Waals surface area contributed by atoms with Gasteiger partial charge in [-0.05, 0) is 38.3 Å². The van der Waals surface area contributed by atoms with E-state index in [1.807, 2.05) is 43.3 Å². The predicted octanol–water partition coefficient (Wildman–Crippen LogP) is 2.20. The topological polar surface area (TPSA) is 101 Å².